The SMILES string of the molecule is CC[NH+](CC(=O)NC(C)(C)C)Cc1ccc(C(=O)OC)cc1. The average Bonchev–Trinajstić information content (AvgIpc) is 2.44. The van der Waals surface area contributed by atoms with Gasteiger partial charge in [-0.25, -0.2) is 4.79 Å². The molecule has 0 spiro atoms. The number of hydrogen-bond donors (Lipinski definition) is 2. The molecule has 1 unspecified atom stereocenters. The monoisotopic (exact) mass is 307 g/mol. The van der Waals surface area contributed by atoms with Crippen LogP contribution in [0.4, 0.5) is 0 Å². The Kier molecular flexibility index (Phi) is 6.56. The Balaban J connectivity index is 2.62. The van der Waals surface area contributed by atoms with Crippen molar-refractivity contribution >= 4 is 11.9 Å². The Hall–Kier alpha value is -1.88. The predicted octanol–water partition coefficient (Wildman–Crippen LogP) is 0.793. The first-order valence-electron chi connectivity index (χ1n) is 7.57. The van der Waals surface area contributed by atoms with Crippen LogP contribution in [0.15, 0.2) is 24.3 Å². The highest BCUT2D eigenvalue weighted by molar-refractivity contribution is 5.89. The molecule has 0 aliphatic heterocycles. The van der Waals surface area contributed by atoms with Gasteiger partial charge in [-0.1, -0.05) is 12.1 Å². The van der Waals surface area contributed by atoms with Gasteiger partial charge in [0.2, 0.25) is 0 Å². The standard InChI is InChI=1S/C17H26N2O3/c1-6-19(12-15(20)18-17(2,3)4)11-13-7-9-14(10-8-13)16(21)22-5/h7-10H,6,11-12H2,1-5H3,(H,18,20)/p+1. The predicted molar refractivity (Wildman–Crippen MR) is 85.8 cm³/mol. The molecule has 2 N–H and O–H groups in total. The number of rotatable bonds is 6. The normalized spacial score (nSPS) is 12.6. The highest BCUT2D eigenvalue weighted by Crippen LogP contribution is 2.04. The summed E-state index contributed by atoms with van der Waals surface area (Å²) in [7, 11) is 1.37. The van der Waals surface area contributed by atoms with Crippen molar-refractivity contribution < 1.29 is 19.2 Å². The molecule has 22 heavy (non-hydrogen) atoms. The Morgan fingerprint density at radius 2 is 1.77 bits per heavy atom. The summed E-state index contributed by atoms with van der Waals surface area (Å²) >= 11 is 0. The van der Waals surface area contributed by atoms with E-state index < -0.39 is 0 Å². The van der Waals surface area contributed by atoms with Crippen molar-refractivity contribution in [3.63, 3.8) is 0 Å². The smallest absolute Gasteiger partial charge is 0.337 e. The van der Waals surface area contributed by atoms with Crippen LogP contribution in [0.2, 0.25) is 0 Å². The van der Waals surface area contributed by atoms with Crippen LogP contribution >= 0.6 is 0 Å². The van der Waals surface area contributed by atoms with Crippen molar-refractivity contribution in [3.8, 4) is 0 Å². The van der Waals surface area contributed by atoms with Crippen molar-refractivity contribution in [1.82, 2.24) is 5.32 Å². The zero-order valence-electron chi connectivity index (χ0n) is 14.2. The molecule has 1 atom stereocenters. The number of carbonyl (C=O) groups excluding carboxylic acids is 2. The van der Waals surface area contributed by atoms with E-state index in [0.717, 1.165) is 18.7 Å². The highest BCUT2D eigenvalue weighted by Gasteiger charge is 2.18. The molecule has 0 saturated heterocycles. The summed E-state index contributed by atoms with van der Waals surface area (Å²) < 4.78 is 4.68. The summed E-state index contributed by atoms with van der Waals surface area (Å²) in [6.45, 7) is 10.0. The number of esters is 1. The molecule has 0 heterocycles. The molecule has 0 saturated carbocycles. The lowest BCUT2D eigenvalue weighted by Crippen LogP contribution is -3.11. The van der Waals surface area contributed by atoms with Gasteiger partial charge in [0.05, 0.1) is 19.2 Å². The highest BCUT2D eigenvalue weighted by atomic mass is 16.5. The van der Waals surface area contributed by atoms with Crippen LogP contribution in [0.25, 0.3) is 0 Å². The van der Waals surface area contributed by atoms with Crippen LogP contribution in [-0.4, -0.2) is 37.6 Å². The summed E-state index contributed by atoms with van der Waals surface area (Å²) in [4.78, 5) is 24.6. The number of carbonyl (C=O) groups is 2. The summed E-state index contributed by atoms with van der Waals surface area (Å²) in [6.07, 6.45) is 0. The summed E-state index contributed by atoms with van der Waals surface area (Å²) in [5.41, 5.74) is 1.42. The van der Waals surface area contributed by atoms with E-state index in [9.17, 15) is 9.59 Å². The average molecular weight is 307 g/mol. The molecule has 0 fully saturated rings. The van der Waals surface area contributed by atoms with Gasteiger partial charge in [0.1, 0.15) is 6.54 Å². The van der Waals surface area contributed by atoms with Crippen LogP contribution in [0.1, 0.15) is 43.6 Å². The Bertz CT molecular complexity index is 504. The molecule has 1 aromatic rings. The van der Waals surface area contributed by atoms with Gasteiger partial charge in [-0.15, -0.1) is 0 Å². The second kappa shape index (κ2) is 7.94. The van der Waals surface area contributed by atoms with E-state index in [-0.39, 0.29) is 17.4 Å². The van der Waals surface area contributed by atoms with Crippen LogP contribution < -0.4 is 10.2 Å². The van der Waals surface area contributed by atoms with Gasteiger partial charge in [-0.3, -0.25) is 4.79 Å². The van der Waals surface area contributed by atoms with E-state index >= 15 is 0 Å². The third-order valence-corrected chi connectivity index (χ3v) is 3.25. The minimum Gasteiger partial charge on any atom is -0.465 e. The maximum absolute atomic E-state index is 12.0. The molecule has 5 heteroatoms. The van der Waals surface area contributed by atoms with Gasteiger partial charge in [0.15, 0.2) is 6.54 Å². The molecule has 1 aromatic carbocycles. The fourth-order valence-electron chi connectivity index (χ4n) is 2.17. The van der Waals surface area contributed by atoms with Crippen molar-refractivity contribution in [1.29, 1.82) is 0 Å². The van der Waals surface area contributed by atoms with Crippen LogP contribution in [-0.2, 0) is 16.1 Å². The van der Waals surface area contributed by atoms with Gasteiger partial charge in [-0.2, -0.15) is 0 Å². The lowest BCUT2D eigenvalue weighted by atomic mass is 10.1. The lowest BCUT2D eigenvalue weighted by Gasteiger charge is -2.23. The van der Waals surface area contributed by atoms with Gasteiger partial charge >= 0.3 is 5.97 Å². The van der Waals surface area contributed by atoms with Gasteiger partial charge in [0.25, 0.3) is 5.91 Å². The van der Waals surface area contributed by atoms with E-state index in [0.29, 0.717) is 12.1 Å². The third kappa shape index (κ3) is 6.26. The minimum atomic E-state index is -0.337. The quantitative estimate of drug-likeness (QED) is 0.764. The number of methoxy groups -OCH3 is 1. The number of benzene rings is 1. The summed E-state index contributed by atoms with van der Waals surface area (Å²) in [5, 5.41) is 2.98. The first-order valence-corrected chi connectivity index (χ1v) is 7.57. The number of ether oxygens (including phenoxy) is 1. The fraction of sp³-hybridized carbons (Fsp3) is 0.529. The van der Waals surface area contributed by atoms with Crippen LogP contribution in [0.3, 0.4) is 0 Å². The fourth-order valence-corrected chi connectivity index (χ4v) is 2.17. The van der Waals surface area contributed by atoms with Gasteiger partial charge in [0, 0.05) is 11.1 Å². The Morgan fingerprint density at radius 3 is 2.23 bits per heavy atom. The maximum atomic E-state index is 12.0. The van der Waals surface area contributed by atoms with Gasteiger partial charge < -0.3 is 15.0 Å². The number of likely N-dealkylation sites (N-methyl/N-ethyl adjacent to an activating group) is 1. The number of hydrogen-bond acceptors (Lipinski definition) is 3. The maximum Gasteiger partial charge on any atom is 0.337 e. The number of quaternary nitrogens is 1. The molecule has 1 amide bonds. The largest absolute Gasteiger partial charge is 0.465 e. The molecule has 0 aliphatic carbocycles. The van der Waals surface area contributed by atoms with Crippen molar-refractivity contribution in [2.75, 3.05) is 20.2 Å². The first-order chi connectivity index (χ1) is 10.2. The van der Waals surface area contributed by atoms with E-state index in [1.807, 2.05) is 32.9 Å². The van der Waals surface area contributed by atoms with E-state index in [2.05, 4.69) is 17.0 Å². The third-order valence-electron chi connectivity index (χ3n) is 3.25. The molecule has 122 valence electrons. The van der Waals surface area contributed by atoms with Gasteiger partial charge in [-0.05, 0) is 39.8 Å². The summed E-state index contributed by atoms with van der Waals surface area (Å²) in [5.74, 6) is -0.286. The van der Waals surface area contributed by atoms with E-state index in [1.165, 1.54) is 12.0 Å². The van der Waals surface area contributed by atoms with E-state index in [1.54, 1.807) is 12.1 Å². The second-order valence-electron chi connectivity index (χ2n) is 6.44. The molecule has 0 aromatic heterocycles. The molecule has 0 aliphatic rings. The second-order valence-corrected chi connectivity index (χ2v) is 6.44. The van der Waals surface area contributed by atoms with Crippen molar-refractivity contribution in [2.45, 2.75) is 39.8 Å². The molecule has 5 nitrogen and oxygen atoms in total. The topological polar surface area (TPSA) is 59.8 Å². The van der Waals surface area contributed by atoms with E-state index in [4.69, 9.17) is 0 Å². The summed E-state index contributed by atoms with van der Waals surface area (Å²) in [6, 6.07) is 7.32. The van der Waals surface area contributed by atoms with Crippen molar-refractivity contribution in [3.05, 3.63) is 35.4 Å². The lowest BCUT2D eigenvalue weighted by molar-refractivity contribution is -0.904. The minimum absolute atomic E-state index is 0.0514. The zero-order valence-corrected chi connectivity index (χ0v) is 14.2. The molecular weight excluding hydrogens is 280 g/mol. The zero-order chi connectivity index (χ0) is 16.8. The van der Waals surface area contributed by atoms with Crippen LogP contribution in [0.5, 0.6) is 0 Å². The number of amides is 1. The molecular formula is C17H27N2O3+. The Labute approximate surface area is 132 Å². The molecule has 1 rings (SSSR count). The first kappa shape index (κ1) is 18.2. The van der Waals surface area contributed by atoms with Crippen LogP contribution in [0, 0.1) is 0 Å². The molecule has 0 radical (unpaired) electrons. The van der Waals surface area contributed by atoms with Crippen molar-refractivity contribution in [2.24, 2.45) is 0 Å². The Morgan fingerprint density at radius 1 is 1.18 bits per heavy atom. The molecule has 0 bridgehead atoms. The number of nitrogens with one attached hydrogen (secondary N) is 2.